The molecule has 0 radical (unpaired) electrons. The normalized spacial score (nSPS) is 11.2. The quantitative estimate of drug-likeness (QED) is 0.671. The van der Waals surface area contributed by atoms with Gasteiger partial charge < -0.3 is 10.6 Å². The highest BCUT2D eigenvalue weighted by molar-refractivity contribution is 5.97. The van der Waals surface area contributed by atoms with E-state index in [1.54, 1.807) is 0 Å². The Morgan fingerprint density at radius 2 is 1.93 bits per heavy atom. The summed E-state index contributed by atoms with van der Waals surface area (Å²) in [5.74, 6) is -0.235. The molecular formula is C10H18N2O2. The van der Waals surface area contributed by atoms with Gasteiger partial charge in [-0.05, 0) is 13.3 Å². The van der Waals surface area contributed by atoms with Crippen LogP contribution in [0.25, 0.3) is 0 Å². The van der Waals surface area contributed by atoms with Crippen LogP contribution in [0.4, 0.5) is 0 Å². The lowest BCUT2D eigenvalue weighted by Gasteiger charge is -2.21. The van der Waals surface area contributed by atoms with Crippen molar-refractivity contribution in [3.05, 3.63) is 11.9 Å². The summed E-state index contributed by atoms with van der Waals surface area (Å²) in [6.45, 7) is 5.62. The van der Waals surface area contributed by atoms with Gasteiger partial charge in [-0.15, -0.1) is 0 Å². The van der Waals surface area contributed by atoms with Crippen molar-refractivity contribution >= 4 is 11.7 Å². The third kappa shape index (κ3) is 3.20. The molecule has 0 aromatic heterocycles. The van der Waals surface area contributed by atoms with Crippen molar-refractivity contribution < 1.29 is 9.59 Å². The van der Waals surface area contributed by atoms with Crippen LogP contribution in [-0.2, 0) is 9.59 Å². The minimum absolute atomic E-state index is 0.0538. The van der Waals surface area contributed by atoms with Gasteiger partial charge in [0.15, 0.2) is 5.78 Å². The Balaban J connectivity index is 4.69. The predicted octanol–water partition coefficient (Wildman–Crippen LogP) is 1.02. The Labute approximate surface area is 84.8 Å². The molecule has 0 aliphatic rings. The molecule has 0 aliphatic carbocycles. The highest BCUT2D eigenvalue weighted by atomic mass is 16.2. The highest BCUT2D eigenvalue weighted by Crippen LogP contribution is 2.07. The average molecular weight is 198 g/mol. The summed E-state index contributed by atoms with van der Waals surface area (Å²) in [7, 11) is 0. The van der Waals surface area contributed by atoms with Gasteiger partial charge in [0.25, 0.3) is 0 Å². The Morgan fingerprint density at radius 3 is 2.21 bits per heavy atom. The van der Waals surface area contributed by atoms with Gasteiger partial charge in [0.2, 0.25) is 5.91 Å². The molecule has 0 spiro atoms. The standard InChI is InChI=1S/C10H18N2O2/c1-4-6-10(14)12(5-2)9(7-11)8(3)13/h7H,4-6,11H2,1-3H3/b9-7+. The van der Waals surface area contributed by atoms with E-state index in [9.17, 15) is 9.59 Å². The van der Waals surface area contributed by atoms with Crippen LogP contribution in [0.2, 0.25) is 0 Å². The van der Waals surface area contributed by atoms with Gasteiger partial charge in [-0.3, -0.25) is 9.59 Å². The molecule has 2 N–H and O–H groups in total. The number of amides is 1. The van der Waals surface area contributed by atoms with Crippen LogP contribution in [0.15, 0.2) is 11.9 Å². The van der Waals surface area contributed by atoms with E-state index in [-0.39, 0.29) is 17.4 Å². The maximum Gasteiger partial charge on any atom is 0.227 e. The van der Waals surface area contributed by atoms with Crippen LogP contribution in [0.3, 0.4) is 0 Å². The maximum absolute atomic E-state index is 11.6. The van der Waals surface area contributed by atoms with Crippen LogP contribution in [-0.4, -0.2) is 23.1 Å². The number of Topliss-reactive ketones (excluding diaryl/α,β-unsaturated/α-hetero) is 1. The fraction of sp³-hybridized carbons (Fsp3) is 0.600. The predicted molar refractivity (Wildman–Crippen MR) is 55.2 cm³/mol. The van der Waals surface area contributed by atoms with Gasteiger partial charge in [0, 0.05) is 26.1 Å². The second kappa shape index (κ2) is 6.18. The van der Waals surface area contributed by atoms with Gasteiger partial charge in [0.05, 0.1) is 0 Å². The molecule has 0 aromatic rings. The first-order valence-corrected chi connectivity index (χ1v) is 4.81. The van der Waals surface area contributed by atoms with Crippen LogP contribution < -0.4 is 5.73 Å². The largest absolute Gasteiger partial charge is 0.403 e. The fourth-order valence-electron chi connectivity index (χ4n) is 1.23. The third-order valence-electron chi connectivity index (χ3n) is 1.89. The fourth-order valence-corrected chi connectivity index (χ4v) is 1.23. The summed E-state index contributed by atoms with van der Waals surface area (Å²) < 4.78 is 0. The first-order chi connectivity index (χ1) is 6.58. The smallest absolute Gasteiger partial charge is 0.227 e. The highest BCUT2D eigenvalue weighted by Gasteiger charge is 2.17. The van der Waals surface area contributed by atoms with E-state index >= 15 is 0 Å². The molecular weight excluding hydrogens is 180 g/mol. The van der Waals surface area contributed by atoms with E-state index in [4.69, 9.17) is 5.73 Å². The number of nitrogens with two attached hydrogens (primary N) is 1. The van der Waals surface area contributed by atoms with Gasteiger partial charge in [-0.25, -0.2) is 0 Å². The van der Waals surface area contributed by atoms with E-state index in [0.29, 0.717) is 13.0 Å². The zero-order chi connectivity index (χ0) is 11.1. The third-order valence-corrected chi connectivity index (χ3v) is 1.89. The number of hydrogen-bond acceptors (Lipinski definition) is 3. The molecule has 14 heavy (non-hydrogen) atoms. The summed E-state index contributed by atoms with van der Waals surface area (Å²) in [6.07, 6.45) is 2.41. The van der Waals surface area contributed by atoms with E-state index in [1.807, 2.05) is 13.8 Å². The van der Waals surface area contributed by atoms with E-state index in [2.05, 4.69) is 0 Å². The van der Waals surface area contributed by atoms with Crippen molar-refractivity contribution in [2.45, 2.75) is 33.6 Å². The van der Waals surface area contributed by atoms with Gasteiger partial charge in [-0.1, -0.05) is 6.92 Å². The molecule has 1 amide bonds. The number of likely N-dealkylation sites (N-methyl/N-ethyl adjacent to an activating group) is 1. The van der Waals surface area contributed by atoms with Crippen LogP contribution in [0.1, 0.15) is 33.6 Å². The van der Waals surface area contributed by atoms with Crippen LogP contribution >= 0.6 is 0 Å². The summed E-state index contributed by atoms with van der Waals surface area (Å²) in [5, 5.41) is 0. The number of rotatable bonds is 5. The topological polar surface area (TPSA) is 63.4 Å². The number of nitrogens with zero attached hydrogens (tertiary/aromatic N) is 1. The second-order valence-electron chi connectivity index (χ2n) is 3.00. The molecule has 0 saturated heterocycles. The lowest BCUT2D eigenvalue weighted by molar-refractivity contribution is -0.131. The number of hydrogen-bond donors (Lipinski definition) is 1. The Kier molecular flexibility index (Phi) is 5.60. The molecule has 4 nitrogen and oxygen atoms in total. The van der Waals surface area contributed by atoms with Crippen LogP contribution in [0, 0.1) is 0 Å². The molecule has 0 fully saturated rings. The van der Waals surface area contributed by atoms with E-state index in [1.165, 1.54) is 18.0 Å². The van der Waals surface area contributed by atoms with Crippen LogP contribution in [0.5, 0.6) is 0 Å². The van der Waals surface area contributed by atoms with Crippen molar-refractivity contribution in [1.82, 2.24) is 4.90 Å². The molecule has 0 aliphatic heterocycles. The van der Waals surface area contributed by atoms with E-state index in [0.717, 1.165) is 6.42 Å². The average Bonchev–Trinajstić information content (AvgIpc) is 2.13. The molecule has 0 unspecified atom stereocenters. The molecule has 4 heteroatoms. The zero-order valence-electron chi connectivity index (χ0n) is 9.04. The van der Waals surface area contributed by atoms with Gasteiger partial charge in [-0.2, -0.15) is 0 Å². The van der Waals surface area contributed by atoms with Crippen molar-refractivity contribution in [1.29, 1.82) is 0 Å². The SMILES string of the molecule is CCCC(=O)N(CC)/C(=C/N)C(C)=O. The molecule has 0 aromatic carbocycles. The molecule has 0 rings (SSSR count). The lowest BCUT2D eigenvalue weighted by atomic mass is 10.2. The Morgan fingerprint density at radius 1 is 1.36 bits per heavy atom. The minimum Gasteiger partial charge on any atom is -0.403 e. The minimum atomic E-state index is -0.182. The van der Waals surface area contributed by atoms with Gasteiger partial charge >= 0.3 is 0 Å². The second-order valence-corrected chi connectivity index (χ2v) is 3.00. The lowest BCUT2D eigenvalue weighted by Crippen LogP contribution is -2.33. The molecule has 0 heterocycles. The number of ketones is 1. The Hall–Kier alpha value is -1.32. The summed E-state index contributed by atoms with van der Waals surface area (Å²) in [5.41, 5.74) is 5.59. The van der Waals surface area contributed by atoms with Crippen molar-refractivity contribution in [3.63, 3.8) is 0 Å². The summed E-state index contributed by atoms with van der Waals surface area (Å²) >= 11 is 0. The molecule has 80 valence electrons. The van der Waals surface area contributed by atoms with Gasteiger partial charge in [0.1, 0.15) is 5.70 Å². The monoisotopic (exact) mass is 198 g/mol. The van der Waals surface area contributed by atoms with E-state index < -0.39 is 0 Å². The number of carbonyl (C=O) groups is 2. The first-order valence-electron chi connectivity index (χ1n) is 4.81. The molecule has 0 bridgehead atoms. The first kappa shape index (κ1) is 12.7. The molecule has 0 atom stereocenters. The Bertz CT molecular complexity index is 247. The number of carbonyl (C=O) groups excluding carboxylic acids is 2. The summed E-state index contributed by atoms with van der Waals surface area (Å²) in [6, 6.07) is 0. The molecule has 0 saturated carbocycles. The van der Waals surface area contributed by atoms with Crippen molar-refractivity contribution in [2.75, 3.05) is 6.54 Å². The summed E-state index contributed by atoms with van der Waals surface area (Å²) in [4.78, 5) is 24.1. The number of allylic oxidation sites excluding steroid dienone is 1. The maximum atomic E-state index is 11.6. The zero-order valence-corrected chi connectivity index (χ0v) is 9.04. The van der Waals surface area contributed by atoms with Crippen molar-refractivity contribution in [2.24, 2.45) is 5.73 Å². The van der Waals surface area contributed by atoms with Crippen molar-refractivity contribution in [3.8, 4) is 0 Å².